The fraction of sp³-hybridized carbons (Fsp3) is 0.667. The molecule has 1 aliphatic rings. The maximum atomic E-state index is 12.2. The summed E-state index contributed by atoms with van der Waals surface area (Å²) in [4.78, 5) is 17.5. The van der Waals surface area contributed by atoms with Crippen LogP contribution in [0.4, 0.5) is 4.79 Å². The largest absolute Gasteiger partial charge is 0.379 e. The highest BCUT2D eigenvalue weighted by Crippen LogP contribution is 2.22. The van der Waals surface area contributed by atoms with E-state index in [0.29, 0.717) is 19.6 Å². The van der Waals surface area contributed by atoms with Gasteiger partial charge in [-0.25, -0.2) is 4.79 Å². The summed E-state index contributed by atoms with van der Waals surface area (Å²) in [5, 5.41) is 3.00. The molecule has 0 saturated carbocycles. The van der Waals surface area contributed by atoms with E-state index in [1.54, 1.807) is 4.90 Å². The normalized spacial score (nSPS) is 15.7. The summed E-state index contributed by atoms with van der Waals surface area (Å²) in [5.74, 6) is 0. The van der Waals surface area contributed by atoms with Crippen molar-refractivity contribution in [2.45, 2.75) is 19.9 Å². The minimum absolute atomic E-state index is 0.00556. The van der Waals surface area contributed by atoms with E-state index in [4.69, 9.17) is 16.3 Å². The van der Waals surface area contributed by atoms with Gasteiger partial charge >= 0.3 is 6.03 Å². The zero-order valence-corrected chi connectivity index (χ0v) is 14.6. The minimum Gasteiger partial charge on any atom is -0.379 e. The molecule has 1 aliphatic heterocycles. The summed E-state index contributed by atoms with van der Waals surface area (Å²) in [6.07, 6.45) is 0.966. The van der Waals surface area contributed by atoms with E-state index in [2.05, 4.69) is 10.2 Å². The van der Waals surface area contributed by atoms with Crippen LogP contribution >= 0.6 is 22.9 Å². The van der Waals surface area contributed by atoms with Gasteiger partial charge in [0.1, 0.15) is 0 Å². The highest BCUT2D eigenvalue weighted by atomic mass is 35.5. The van der Waals surface area contributed by atoms with Crippen molar-refractivity contribution in [2.24, 2.45) is 0 Å². The van der Waals surface area contributed by atoms with Gasteiger partial charge in [-0.15, -0.1) is 11.3 Å². The smallest absolute Gasteiger partial charge is 0.317 e. The standard InChI is InChI=1S/C15H24ClN3O2S/c1-2-19(12-13-4-5-14(16)22-13)15(20)17-6-3-7-18-8-10-21-11-9-18/h4-5H,2-3,6-12H2,1H3,(H,17,20). The molecule has 1 fully saturated rings. The van der Waals surface area contributed by atoms with Crippen molar-refractivity contribution in [1.29, 1.82) is 0 Å². The fourth-order valence-electron chi connectivity index (χ4n) is 2.39. The van der Waals surface area contributed by atoms with Crippen LogP contribution in [-0.4, -0.2) is 61.8 Å². The Morgan fingerprint density at radius 1 is 1.45 bits per heavy atom. The lowest BCUT2D eigenvalue weighted by molar-refractivity contribution is 0.0375. The van der Waals surface area contributed by atoms with Gasteiger partial charge in [-0.05, 0) is 32.0 Å². The Hall–Kier alpha value is -0.820. The topological polar surface area (TPSA) is 44.8 Å². The lowest BCUT2D eigenvalue weighted by Crippen LogP contribution is -2.41. The summed E-state index contributed by atoms with van der Waals surface area (Å²) in [6, 6.07) is 3.84. The first kappa shape index (κ1) is 17.5. The van der Waals surface area contributed by atoms with Gasteiger partial charge in [-0.3, -0.25) is 4.90 Å². The third-order valence-corrected chi connectivity index (χ3v) is 4.89. The molecular weight excluding hydrogens is 322 g/mol. The zero-order valence-electron chi connectivity index (χ0n) is 13.0. The molecule has 22 heavy (non-hydrogen) atoms. The molecule has 1 saturated heterocycles. The molecule has 0 spiro atoms. The quantitative estimate of drug-likeness (QED) is 0.773. The van der Waals surface area contributed by atoms with Crippen molar-refractivity contribution in [2.75, 3.05) is 45.9 Å². The van der Waals surface area contributed by atoms with Crippen molar-refractivity contribution in [3.05, 3.63) is 21.3 Å². The Morgan fingerprint density at radius 3 is 2.86 bits per heavy atom. The third-order valence-electron chi connectivity index (χ3n) is 3.68. The van der Waals surface area contributed by atoms with Crippen LogP contribution in [0.5, 0.6) is 0 Å². The lowest BCUT2D eigenvalue weighted by atomic mass is 10.3. The number of halogens is 1. The number of thiophene rings is 1. The fourth-order valence-corrected chi connectivity index (χ4v) is 3.49. The number of urea groups is 1. The van der Waals surface area contributed by atoms with Crippen molar-refractivity contribution in [3.8, 4) is 0 Å². The molecule has 1 N–H and O–H groups in total. The Kier molecular flexibility index (Phi) is 7.45. The predicted octanol–water partition coefficient (Wildman–Crippen LogP) is 2.66. The predicted molar refractivity (Wildman–Crippen MR) is 90.7 cm³/mol. The van der Waals surface area contributed by atoms with Gasteiger partial charge in [0, 0.05) is 31.1 Å². The van der Waals surface area contributed by atoms with Crippen LogP contribution in [0, 0.1) is 0 Å². The molecular formula is C15H24ClN3O2S. The highest BCUT2D eigenvalue weighted by Gasteiger charge is 2.13. The number of amides is 2. The van der Waals surface area contributed by atoms with Crippen molar-refractivity contribution >= 4 is 29.0 Å². The number of carbonyl (C=O) groups excluding carboxylic acids is 1. The molecule has 2 rings (SSSR count). The van der Waals surface area contributed by atoms with Crippen molar-refractivity contribution in [1.82, 2.24) is 15.1 Å². The van der Waals surface area contributed by atoms with Gasteiger partial charge in [0.05, 0.1) is 24.1 Å². The van der Waals surface area contributed by atoms with E-state index in [9.17, 15) is 4.79 Å². The molecule has 0 aromatic carbocycles. The van der Waals surface area contributed by atoms with Crippen LogP contribution in [0.15, 0.2) is 12.1 Å². The highest BCUT2D eigenvalue weighted by molar-refractivity contribution is 7.16. The first-order valence-electron chi connectivity index (χ1n) is 7.76. The molecule has 0 atom stereocenters. The summed E-state index contributed by atoms with van der Waals surface area (Å²) in [5.41, 5.74) is 0. The van der Waals surface area contributed by atoms with Crippen LogP contribution in [-0.2, 0) is 11.3 Å². The SMILES string of the molecule is CCN(Cc1ccc(Cl)s1)C(=O)NCCCN1CCOCC1. The number of ether oxygens (including phenoxy) is 1. The van der Waals surface area contributed by atoms with Gasteiger partial charge in [-0.1, -0.05) is 11.6 Å². The van der Waals surface area contributed by atoms with Gasteiger partial charge in [-0.2, -0.15) is 0 Å². The number of nitrogens with one attached hydrogen (secondary N) is 1. The molecule has 0 aliphatic carbocycles. The average Bonchev–Trinajstić information content (AvgIpc) is 2.95. The summed E-state index contributed by atoms with van der Waals surface area (Å²) < 4.78 is 6.08. The molecule has 5 nitrogen and oxygen atoms in total. The van der Waals surface area contributed by atoms with Crippen LogP contribution in [0.25, 0.3) is 0 Å². The first-order chi connectivity index (χ1) is 10.7. The average molecular weight is 346 g/mol. The van der Waals surface area contributed by atoms with E-state index < -0.39 is 0 Å². The molecule has 1 aromatic heterocycles. The molecule has 2 amide bonds. The molecule has 2 heterocycles. The second-order valence-electron chi connectivity index (χ2n) is 5.26. The third kappa shape index (κ3) is 5.76. The van der Waals surface area contributed by atoms with E-state index in [0.717, 1.165) is 48.5 Å². The first-order valence-corrected chi connectivity index (χ1v) is 8.95. The second-order valence-corrected chi connectivity index (χ2v) is 7.06. The monoisotopic (exact) mass is 345 g/mol. The molecule has 0 bridgehead atoms. The van der Waals surface area contributed by atoms with E-state index in [1.165, 1.54) is 11.3 Å². The Balaban J connectivity index is 1.65. The number of carbonyl (C=O) groups is 1. The van der Waals surface area contributed by atoms with Crippen molar-refractivity contribution < 1.29 is 9.53 Å². The number of rotatable bonds is 7. The lowest BCUT2D eigenvalue weighted by Gasteiger charge is -2.26. The maximum absolute atomic E-state index is 12.2. The summed E-state index contributed by atoms with van der Waals surface area (Å²) >= 11 is 7.45. The Bertz CT molecular complexity index is 463. The van der Waals surface area contributed by atoms with Crippen molar-refractivity contribution in [3.63, 3.8) is 0 Å². The van der Waals surface area contributed by atoms with Crippen LogP contribution in [0.1, 0.15) is 18.2 Å². The van der Waals surface area contributed by atoms with Gasteiger partial charge in [0.2, 0.25) is 0 Å². The van der Waals surface area contributed by atoms with Crippen LogP contribution in [0.2, 0.25) is 4.34 Å². The number of morpholine rings is 1. The maximum Gasteiger partial charge on any atom is 0.317 e. The van der Waals surface area contributed by atoms with E-state index >= 15 is 0 Å². The Morgan fingerprint density at radius 2 is 2.23 bits per heavy atom. The van der Waals surface area contributed by atoms with E-state index in [-0.39, 0.29) is 6.03 Å². The summed E-state index contributed by atoms with van der Waals surface area (Å²) in [7, 11) is 0. The van der Waals surface area contributed by atoms with Crippen LogP contribution < -0.4 is 5.32 Å². The van der Waals surface area contributed by atoms with Crippen LogP contribution in [0.3, 0.4) is 0 Å². The minimum atomic E-state index is -0.00556. The number of hydrogen-bond donors (Lipinski definition) is 1. The molecule has 1 aromatic rings. The van der Waals surface area contributed by atoms with Gasteiger partial charge < -0.3 is 15.0 Å². The van der Waals surface area contributed by atoms with E-state index in [1.807, 2.05) is 19.1 Å². The molecule has 0 unspecified atom stereocenters. The number of hydrogen-bond acceptors (Lipinski definition) is 4. The number of nitrogens with zero attached hydrogens (tertiary/aromatic N) is 2. The second kappa shape index (κ2) is 9.35. The molecule has 0 radical (unpaired) electrons. The zero-order chi connectivity index (χ0) is 15.8. The molecule has 7 heteroatoms. The Labute approximate surface area is 141 Å². The molecule has 124 valence electrons. The van der Waals surface area contributed by atoms with Gasteiger partial charge in [0.25, 0.3) is 0 Å². The summed E-state index contributed by atoms with van der Waals surface area (Å²) in [6.45, 7) is 8.63. The van der Waals surface area contributed by atoms with Gasteiger partial charge in [0.15, 0.2) is 0 Å².